The molecule has 2 unspecified atom stereocenters. The SMILES string of the molecule is Cc1c(N)cccc1COC1CC(C)CC(C)C1. The third kappa shape index (κ3) is 3.26. The minimum absolute atomic E-state index is 0.421. The van der Waals surface area contributed by atoms with Crippen LogP contribution in [0.15, 0.2) is 18.2 Å². The van der Waals surface area contributed by atoms with Gasteiger partial charge in [0.15, 0.2) is 0 Å². The van der Waals surface area contributed by atoms with Crippen molar-refractivity contribution in [3.05, 3.63) is 29.3 Å². The fourth-order valence-corrected chi connectivity index (χ4v) is 3.08. The van der Waals surface area contributed by atoms with Crippen LogP contribution in [0.1, 0.15) is 44.2 Å². The Morgan fingerprint density at radius 3 is 2.50 bits per heavy atom. The molecule has 18 heavy (non-hydrogen) atoms. The van der Waals surface area contributed by atoms with Gasteiger partial charge in [-0.25, -0.2) is 0 Å². The summed E-state index contributed by atoms with van der Waals surface area (Å²) < 4.78 is 6.09. The molecule has 1 aliphatic carbocycles. The summed E-state index contributed by atoms with van der Waals surface area (Å²) in [6.45, 7) is 7.43. The second kappa shape index (κ2) is 5.75. The van der Waals surface area contributed by atoms with Crippen LogP contribution in [0.2, 0.25) is 0 Å². The lowest BCUT2D eigenvalue weighted by Gasteiger charge is -2.31. The minimum atomic E-state index is 0.421. The van der Waals surface area contributed by atoms with E-state index in [2.05, 4.69) is 26.8 Å². The van der Waals surface area contributed by atoms with Gasteiger partial charge in [-0.3, -0.25) is 0 Å². The lowest BCUT2D eigenvalue weighted by Crippen LogP contribution is -2.26. The molecule has 2 heteroatoms. The summed E-state index contributed by atoms with van der Waals surface area (Å²) in [5, 5.41) is 0. The van der Waals surface area contributed by atoms with Crippen molar-refractivity contribution >= 4 is 5.69 Å². The molecule has 2 atom stereocenters. The second-order valence-corrected chi connectivity index (χ2v) is 5.98. The quantitative estimate of drug-likeness (QED) is 0.822. The van der Waals surface area contributed by atoms with Crippen molar-refractivity contribution in [3.8, 4) is 0 Å². The van der Waals surface area contributed by atoms with Gasteiger partial charge in [0, 0.05) is 5.69 Å². The topological polar surface area (TPSA) is 35.2 Å². The molecule has 1 aromatic rings. The van der Waals surface area contributed by atoms with Gasteiger partial charge in [-0.2, -0.15) is 0 Å². The molecule has 0 bridgehead atoms. The lowest BCUT2D eigenvalue weighted by atomic mass is 9.82. The highest BCUT2D eigenvalue weighted by molar-refractivity contribution is 5.49. The summed E-state index contributed by atoms with van der Waals surface area (Å²) in [5.41, 5.74) is 9.16. The minimum Gasteiger partial charge on any atom is -0.399 e. The third-order valence-corrected chi connectivity index (χ3v) is 4.10. The number of hydrogen-bond donors (Lipinski definition) is 1. The van der Waals surface area contributed by atoms with E-state index in [-0.39, 0.29) is 0 Å². The van der Waals surface area contributed by atoms with Crippen LogP contribution in [-0.2, 0) is 11.3 Å². The summed E-state index contributed by atoms with van der Waals surface area (Å²) >= 11 is 0. The van der Waals surface area contributed by atoms with Crippen LogP contribution >= 0.6 is 0 Å². The van der Waals surface area contributed by atoms with Crippen molar-refractivity contribution in [2.45, 2.75) is 52.7 Å². The van der Waals surface area contributed by atoms with Gasteiger partial charge in [0.05, 0.1) is 12.7 Å². The zero-order valence-corrected chi connectivity index (χ0v) is 11.8. The van der Waals surface area contributed by atoms with Gasteiger partial charge in [-0.15, -0.1) is 0 Å². The lowest BCUT2D eigenvalue weighted by molar-refractivity contribution is -0.00931. The number of ether oxygens (including phenoxy) is 1. The molecule has 1 aliphatic rings. The Balaban J connectivity index is 1.93. The van der Waals surface area contributed by atoms with E-state index in [1.165, 1.54) is 24.8 Å². The monoisotopic (exact) mass is 247 g/mol. The van der Waals surface area contributed by atoms with Crippen molar-refractivity contribution in [2.75, 3.05) is 5.73 Å². The maximum Gasteiger partial charge on any atom is 0.0723 e. The fraction of sp³-hybridized carbons (Fsp3) is 0.625. The standard InChI is InChI=1S/C16H25NO/c1-11-7-12(2)9-15(8-11)18-10-14-5-4-6-16(17)13(14)3/h4-6,11-12,15H,7-10,17H2,1-3H3. The number of anilines is 1. The first-order valence-electron chi connectivity index (χ1n) is 7.01. The molecule has 2 rings (SSSR count). The predicted molar refractivity (Wildman–Crippen MR) is 76.3 cm³/mol. The summed E-state index contributed by atoms with van der Waals surface area (Å²) in [4.78, 5) is 0. The summed E-state index contributed by atoms with van der Waals surface area (Å²) in [6.07, 6.45) is 4.17. The largest absolute Gasteiger partial charge is 0.399 e. The summed E-state index contributed by atoms with van der Waals surface area (Å²) in [5.74, 6) is 1.58. The Hall–Kier alpha value is -1.02. The number of rotatable bonds is 3. The molecule has 0 heterocycles. The molecule has 2 nitrogen and oxygen atoms in total. The third-order valence-electron chi connectivity index (χ3n) is 4.10. The summed E-state index contributed by atoms with van der Waals surface area (Å²) in [6, 6.07) is 6.07. The molecule has 2 N–H and O–H groups in total. The van der Waals surface area contributed by atoms with Crippen molar-refractivity contribution in [2.24, 2.45) is 11.8 Å². The maximum absolute atomic E-state index is 6.09. The first-order valence-corrected chi connectivity index (χ1v) is 7.01. The van der Waals surface area contributed by atoms with Gasteiger partial charge in [0.25, 0.3) is 0 Å². The summed E-state index contributed by atoms with van der Waals surface area (Å²) in [7, 11) is 0. The van der Waals surface area contributed by atoms with Crippen LogP contribution in [0.4, 0.5) is 5.69 Å². The van der Waals surface area contributed by atoms with Crippen molar-refractivity contribution < 1.29 is 4.74 Å². The highest BCUT2D eigenvalue weighted by Crippen LogP contribution is 2.31. The molecular formula is C16H25NO. The Morgan fingerprint density at radius 1 is 1.17 bits per heavy atom. The molecule has 100 valence electrons. The first-order chi connectivity index (χ1) is 8.56. The molecule has 1 fully saturated rings. The molecular weight excluding hydrogens is 222 g/mol. The van der Waals surface area contributed by atoms with Gasteiger partial charge in [-0.05, 0) is 55.2 Å². The van der Waals surface area contributed by atoms with E-state index in [1.54, 1.807) is 0 Å². The van der Waals surface area contributed by atoms with Crippen LogP contribution in [0.25, 0.3) is 0 Å². The predicted octanol–water partition coefficient (Wildman–Crippen LogP) is 3.92. The molecule has 0 radical (unpaired) electrons. The molecule has 0 aromatic heterocycles. The number of nitrogens with two attached hydrogens (primary N) is 1. The van der Waals surface area contributed by atoms with Gasteiger partial charge >= 0.3 is 0 Å². The fourth-order valence-electron chi connectivity index (χ4n) is 3.08. The number of nitrogen functional groups attached to an aromatic ring is 1. The van der Waals surface area contributed by atoms with Crippen LogP contribution in [-0.4, -0.2) is 6.10 Å². The normalized spacial score (nSPS) is 28.3. The van der Waals surface area contributed by atoms with E-state index in [1.807, 2.05) is 12.1 Å². The van der Waals surface area contributed by atoms with Gasteiger partial charge < -0.3 is 10.5 Å². The molecule has 1 aromatic carbocycles. The van der Waals surface area contributed by atoms with E-state index < -0.39 is 0 Å². The highest BCUT2D eigenvalue weighted by atomic mass is 16.5. The highest BCUT2D eigenvalue weighted by Gasteiger charge is 2.24. The smallest absolute Gasteiger partial charge is 0.0723 e. The van der Waals surface area contributed by atoms with E-state index >= 15 is 0 Å². The Labute approximate surface area is 111 Å². The van der Waals surface area contributed by atoms with Crippen LogP contribution in [0.3, 0.4) is 0 Å². The van der Waals surface area contributed by atoms with E-state index in [0.29, 0.717) is 12.7 Å². The molecule has 0 spiro atoms. The van der Waals surface area contributed by atoms with E-state index in [0.717, 1.165) is 23.1 Å². The van der Waals surface area contributed by atoms with Crippen molar-refractivity contribution in [1.82, 2.24) is 0 Å². The molecule has 0 amide bonds. The van der Waals surface area contributed by atoms with Crippen LogP contribution < -0.4 is 5.73 Å². The zero-order valence-electron chi connectivity index (χ0n) is 11.8. The average molecular weight is 247 g/mol. The van der Waals surface area contributed by atoms with Gasteiger partial charge in [0.1, 0.15) is 0 Å². The van der Waals surface area contributed by atoms with Gasteiger partial charge in [0.2, 0.25) is 0 Å². The Morgan fingerprint density at radius 2 is 1.83 bits per heavy atom. The molecule has 0 aliphatic heterocycles. The zero-order chi connectivity index (χ0) is 13.1. The second-order valence-electron chi connectivity index (χ2n) is 5.98. The Kier molecular flexibility index (Phi) is 4.28. The van der Waals surface area contributed by atoms with Crippen LogP contribution in [0, 0.1) is 18.8 Å². The van der Waals surface area contributed by atoms with Gasteiger partial charge in [-0.1, -0.05) is 26.0 Å². The Bertz CT molecular complexity index is 392. The van der Waals surface area contributed by atoms with Crippen molar-refractivity contribution in [1.29, 1.82) is 0 Å². The number of benzene rings is 1. The molecule has 1 saturated carbocycles. The molecule has 0 saturated heterocycles. The number of hydrogen-bond acceptors (Lipinski definition) is 2. The van der Waals surface area contributed by atoms with Crippen molar-refractivity contribution in [3.63, 3.8) is 0 Å². The first kappa shape index (κ1) is 13.4. The van der Waals surface area contributed by atoms with Crippen LogP contribution in [0.5, 0.6) is 0 Å². The maximum atomic E-state index is 6.09. The van der Waals surface area contributed by atoms with E-state index in [4.69, 9.17) is 10.5 Å². The average Bonchev–Trinajstić information content (AvgIpc) is 2.30. The van der Waals surface area contributed by atoms with E-state index in [9.17, 15) is 0 Å².